The van der Waals surface area contributed by atoms with Gasteiger partial charge in [-0.25, -0.2) is 4.79 Å². The van der Waals surface area contributed by atoms with Crippen LogP contribution in [-0.2, 0) is 6.54 Å². The Morgan fingerprint density at radius 3 is 2.69 bits per heavy atom. The van der Waals surface area contributed by atoms with E-state index in [0.29, 0.717) is 24.1 Å². The Morgan fingerprint density at radius 1 is 1.69 bits per heavy atom. The molecule has 0 aliphatic rings. The van der Waals surface area contributed by atoms with Crippen molar-refractivity contribution in [3.63, 3.8) is 0 Å². The van der Waals surface area contributed by atoms with Gasteiger partial charge < -0.3 is 9.67 Å². The maximum Gasteiger partial charge on any atom is 0.352 e. The Morgan fingerprint density at radius 2 is 2.31 bits per heavy atom. The van der Waals surface area contributed by atoms with E-state index in [1.54, 1.807) is 13.8 Å². The predicted molar refractivity (Wildman–Crippen MR) is 47.2 cm³/mol. The maximum absolute atomic E-state index is 10.7. The molecule has 1 heterocycles. The van der Waals surface area contributed by atoms with E-state index in [0.717, 1.165) is 0 Å². The van der Waals surface area contributed by atoms with Crippen LogP contribution in [0.5, 0.6) is 0 Å². The molecule has 1 aromatic heterocycles. The van der Waals surface area contributed by atoms with Gasteiger partial charge in [-0.05, 0) is 25.5 Å². The topological polar surface area (TPSA) is 59.3 Å². The van der Waals surface area contributed by atoms with Crippen LogP contribution in [0, 0.1) is 6.92 Å². The van der Waals surface area contributed by atoms with Crippen LogP contribution in [0.25, 0.3) is 0 Å². The first-order chi connectivity index (χ1) is 6.11. The Hall–Kier alpha value is -1.58. The lowest BCUT2D eigenvalue weighted by molar-refractivity contribution is 0.0685. The molecule has 0 aliphatic heterocycles. The highest BCUT2D eigenvalue weighted by Crippen LogP contribution is 2.13. The molecule has 0 radical (unpaired) electrons. The molecule has 0 aliphatic carbocycles. The number of nitrogens with zero attached hydrogens (tertiary/aromatic N) is 1. The number of carboxylic acid groups (broad SMARTS) is 1. The molecule has 0 aromatic carbocycles. The second kappa shape index (κ2) is 3.43. The molecule has 1 rings (SSSR count). The van der Waals surface area contributed by atoms with Gasteiger partial charge in [-0.15, -0.1) is 0 Å². The van der Waals surface area contributed by atoms with E-state index in [2.05, 4.69) is 0 Å². The van der Waals surface area contributed by atoms with Gasteiger partial charge in [0.05, 0.1) is 5.69 Å². The van der Waals surface area contributed by atoms with Gasteiger partial charge in [-0.2, -0.15) is 0 Å². The van der Waals surface area contributed by atoms with Gasteiger partial charge in [-0.3, -0.25) is 4.79 Å². The van der Waals surface area contributed by atoms with E-state index in [9.17, 15) is 9.59 Å². The molecule has 0 amide bonds. The molecular formula is C9H11NO3. The van der Waals surface area contributed by atoms with E-state index >= 15 is 0 Å². The lowest BCUT2D eigenvalue weighted by atomic mass is 10.3. The van der Waals surface area contributed by atoms with Crippen LogP contribution in [0.3, 0.4) is 0 Å². The summed E-state index contributed by atoms with van der Waals surface area (Å²) in [6.07, 6.45) is 0.686. The first-order valence-corrected chi connectivity index (χ1v) is 4.00. The third-order valence-electron chi connectivity index (χ3n) is 1.99. The number of carbonyl (C=O) groups is 2. The van der Waals surface area contributed by atoms with Crippen molar-refractivity contribution >= 4 is 12.3 Å². The Balaban J connectivity index is 3.37. The van der Waals surface area contributed by atoms with Crippen LogP contribution in [0.15, 0.2) is 6.07 Å². The van der Waals surface area contributed by atoms with E-state index in [1.807, 2.05) is 0 Å². The van der Waals surface area contributed by atoms with Gasteiger partial charge in [0.25, 0.3) is 0 Å². The minimum atomic E-state index is -1.00. The second-order valence-corrected chi connectivity index (χ2v) is 2.77. The van der Waals surface area contributed by atoms with E-state index in [4.69, 9.17) is 5.11 Å². The van der Waals surface area contributed by atoms with Gasteiger partial charge in [0, 0.05) is 6.54 Å². The number of hydrogen-bond acceptors (Lipinski definition) is 2. The van der Waals surface area contributed by atoms with Crippen LogP contribution < -0.4 is 0 Å². The summed E-state index contributed by atoms with van der Waals surface area (Å²) >= 11 is 0. The zero-order valence-corrected chi connectivity index (χ0v) is 7.57. The number of aldehydes is 1. The highest BCUT2D eigenvalue weighted by Gasteiger charge is 2.15. The summed E-state index contributed by atoms with van der Waals surface area (Å²) in [5, 5.41) is 8.79. The fourth-order valence-corrected chi connectivity index (χ4v) is 1.37. The van der Waals surface area contributed by atoms with Crippen molar-refractivity contribution in [2.75, 3.05) is 0 Å². The minimum absolute atomic E-state index is 0.169. The molecule has 0 saturated heterocycles. The Bertz CT molecular complexity index is 352. The van der Waals surface area contributed by atoms with Crippen molar-refractivity contribution in [1.29, 1.82) is 0 Å². The smallest absolute Gasteiger partial charge is 0.352 e. The largest absolute Gasteiger partial charge is 0.477 e. The lowest BCUT2D eigenvalue weighted by Crippen LogP contribution is -2.09. The van der Waals surface area contributed by atoms with Gasteiger partial charge in [-0.1, -0.05) is 0 Å². The summed E-state index contributed by atoms with van der Waals surface area (Å²) < 4.78 is 1.49. The van der Waals surface area contributed by atoms with Crippen LogP contribution in [-0.4, -0.2) is 21.9 Å². The average Bonchev–Trinajstić information content (AvgIpc) is 2.41. The van der Waals surface area contributed by atoms with Gasteiger partial charge >= 0.3 is 5.97 Å². The Labute approximate surface area is 75.8 Å². The van der Waals surface area contributed by atoms with Crippen molar-refractivity contribution < 1.29 is 14.7 Å². The molecule has 4 heteroatoms. The maximum atomic E-state index is 10.7. The number of aromatic carboxylic acids is 1. The standard InChI is InChI=1S/C9H11NO3/c1-3-10-7(9(12)13)4-6(2)8(10)5-11/h4-5H,3H2,1-2H3,(H,12,13). The summed E-state index contributed by atoms with van der Waals surface area (Å²) in [5.41, 5.74) is 1.32. The van der Waals surface area contributed by atoms with Crippen molar-refractivity contribution in [3.05, 3.63) is 23.0 Å². The monoisotopic (exact) mass is 181 g/mol. The number of aryl methyl sites for hydroxylation is 1. The van der Waals surface area contributed by atoms with Crippen LogP contribution in [0.2, 0.25) is 0 Å². The second-order valence-electron chi connectivity index (χ2n) is 2.77. The highest BCUT2D eigenvalue weighted by atomic mass is 16.4. The van der Waals surface area contributed by atoms with Crippen LogP contribution in [0.4, 0.5) is 0 Å². The van der Waals surface area contributed by atoms with Crippen LogP contribution >= 0.6 is 0 Å². The predicted octanol–water partition coefficient (Wildman–Crippen LogP) is 1.33. The summed E-state index contributed by atoms with van der Waals surface area (Å²) in [6.45, 7) is 4.02. The molecule has 0 saturated carbocycles. The number of carboxylic acids is 1. The van der Waals surface area contributed by atoms with Crippen molar-refractivity contribution in [3.8, 4) is 0 Å². The molecule has 13 heavy (non-hydrogen) atoms. The highest BCUT2D eigenvalue weighted by molar-refractivity contribution is 5.89. The van der Waals surface area contributed by atoms with Gasteiger partial charge in [0.1, 0.15) is 5.69 Å². The average molecular weight is 181 g/mol. The molecule has 4 nitrogen and oxygen atoms in total. The van der Waals surface area contributed by atoms with Crippen molar-refractivity contribution in [2.24, 2.45) is 0 Å². The lowest BCUT2D eigenvalue weighted by Gasteiger charge is -2.03. The summed E-state index contributed by atoms with van der Waals surface area (Å²) in [6, 6.07) is 1.51. The molecule has 1 N–H and O–H groups in total. The molecule has 1 aromatic rings. The number of hydrogen-bond donors (Lipinski definition) is 1. The number of carbonyl (C=O) groups excluding carboxylic acids is 1. The molecule has 70 valence electrons. The van der Waals surface area contributed by atoms with E-state index in [-0.39, 0.29) is 5.69 Å². The first kappa shape index (κ1) is 9.51. The third-order valence-corrected chi connectivity index (χ3v) is 1.99. The number of rotatable bonds is 3. The zero-order chi connectivity index (χ0) is 10.0. The molecule has 0 atom stereocenters. The number of aromatic nitrogens is 1. The third kappa shape index (κ3) is 1.47. The SMILES string of the molecule is CCn1c(C(=O)O)cc(C)c1C=O. The Kier molecular flexibility index (Phi) is 2.51. The van der Waals surface area contributed by atoms with Crippen molar-refractivity contribution in [2.45, 2.75) is 20.4 Å². The van der Waals surface area contributed by atoms with Gasteiger partial charge in [0.2, 0.25) is 0 Å². The minimum Gasteiger partial charge on any atom is -0.477 e. The fraction of sp³-hybridized carbons (Fsp3) is 0.333. The molecule has 0 unspecified atom stereocenters. The molecule has 0 spiro atoms. The van der Waals surface area contributed by atoms with Crippen molar-refractivity contribution in [1.82, 2.24) is 4.57 Å². The van der Waals surface area contributed by atoms with E-state index in [1.165, 1.54) is 10.6 Å². The molecule has 0 fully saturated rings. The summed E-state index contributed by atoms with van der Waals surface area (Å²) in [5.74, 6) is -1.00. The zero-order valence-electron chi connectivity index (χ0n) is 7.57. The van der Waals surface area contributed by atoms with Gasteiger partial charge in [0.15, 0.2) is 6.29 Å². The quantitative estimate of drug-likeness (QED) is 0.715. The molecular weight excluding hydrogens is 170 g/mol. The molecule has 0 bridgehead atoms. The van der Waals surface area contributed by atoms with E-state index < -0.39 is 5.97 Å². The summed E-state index contributed by atoms with van der Waals surface area (Å²) in [4.78, 5) is 21.4. The first-order valence-electron chi connectivity index (χ1n) is 4.00. The summed E-state index contributed by atoms with van der Waals surface area (Å²) in [7, 11) is 0. The van der Waals surface area contributed by atoms with Crippen LogP contribution in [0.1, 0.15) is 33.5 Å². The fourth-order valence-electron chi connectivity index (χ4n) is 1.37. The normalized spacial score (nSPS) is 10.0.